The van der Waals surface area contributed by atoms with Gasteiger partial charge in [0, 0.05) is 11.6 Å². The summed E-state index contributed by atoms with van der Waals surface area (Å²) in [6.07, 6.45) is -2.36. The van der Waals surface area contributed by atoms with E-state index in [1.54, 1.807) is 6.92 Å². The first-order valence-corrected chi connectivity index (χ1v) is 10.3. The Morgan fingerprint density at radius 3 is 2.40 bits per heavy atom. The SMILES string of the molecule is CC[N@@+](C)(C[C@@](O)(Cn1cncn1)c1ccc(F)cc1F)/N=C(\[O-])c1ccc(OC(F)(F)F)cc1. The van der Waals surface area contributed by atoms with Crippen LogP contribution in [0, 0.1) is 11.6 Å². The summed E-state index contributed by atoms with van der Waals surface area (Å²) >= 11 is 0. The van der Waals surface area contributed by atoms with E-state index in [1.165, 1.54) is 24.4 Å². The molecule has 0 aliphatic carbocycles. The van der Waals surface area contributed by atoms with E-state index in [2.05, 4.69) is 19.9 Å². The third-order valence-electron chi connectivity index (χ3n) is 5.27. The summed E-state index contributed by atoms with van der Waals surface area (Å²) in [5.41, 5.74) is -2.25. The van der Waals surface area contributed by atoms with E-state index in [4.69, 9.17) is 0 Å². The predicted octanol–water partition coefficient (Wildman–Crippen LogP) is 2.53. The molecule has 0 amide bonds. The van der Waals surface area contributed by atoms with Gasteiger partial charge in [-0.15, -0.1) is 13.2 Å². The van der Waals surface area contributed by atoms with Gasteiger partial charge in [-0.3, -0.25) is 0 Å². The average Bonchev–Trinajstić information content (AvgIpc) is 3.25. The summed E-state index contributed by atoms with van der Waals surface area (Å²) in [7, 11) is 1.51. The van der Waals surface area contributed by atoms with E-state index >= 15 is 0 Å². The van der Waals surface area contributed by atoms with Crippen LogP contribution in [-0.2, 0) is 12.1 Å². The molecule has 1 aromatic heterocycles. The second-order valence-corrected chi connectivity index (χ2v) is 8.04. The summed E-state index contributed by atoms with van der Waals surface area (Å²) in [6.45, 7) is 1.24. The van der Waals surface area contributed by atoms with Gasteiger partial charge in [0.2, 0.25) is 0 Å². The molecule has 13 heteroatoms. The second-order valence-electron chi connectivity index (χ2n) is 8.04. The van der Waals surface area contributed by atoms with Crippen LogP contribution in [0.1, 0.15) is 18.1 Å². The lowest BCUT2D eigenvalue weighted by molar-refractivity contribution is -0.922. The van der Waals surface area contributed by atoms with Gasteiger partial charge >= 0.3 is 6.36 Å². The van der Waals surface area contributed by atoms with Crippen LogP contribution < -0.4 is 9.84 Å². The van der Waals surface area contributed by atoms with Crippen molar-refractivity contribution in [2.24, 2.45) is 5.10 Å². The number of alkyl halides is 3. The molecule has 3 aromatic rings. The van der Waals surface area contributed by atoms with E-state index in [0.717, 1.165) is 36.4 Å². The molecular formula is C22H22F5N5O3. The predicted molar refractivity (Wildman–Crippen MR) is 112 cm³/mol. The van der Waals surface area contributed by atoms with Crippen molar-refractivity contribution in [3.05, 3.63) is 77.9 Å². The zero-order chi connectivity index (χ0) is 25.9. The zero-order valence-corrected chi connectivity index (χ0v) is 18.7. The fourth-order valence-electron chi connectivity index (χ4n) is 3.53. The van der Waals surface area contributed by atoms with Gasteiger partial charge in [0.1, 0.15) is 43.1 Å². The van der Waals surface area contributed by atoms with Crippen molar-refractivity contribution in [3.63, 3.8) is 0 Å². The highest BCUT2D eigenvalue weighted by atomic mass is 19.4. The van der Waals surface area contributed by atoms with Crippen molar-refractivity contribution >= 4 is 5.90 Å². The number of ether oxygens (including phenoxy) is 1. The molecule has 8 nitrogen and oxygen atoms in total. The first-order valence-electron chi connectivity index (χ1n) is 10.3. The van der Waals surface area contributed by atoms with E-state index < -0.39 is 39.8 Å². The minimum atomic E-state index is -4.88. The van der Waals surface area contributed by atoms with Gasteiger partial charge in [-0.05, 0) is 36.8 Å². The molecule has 2 atom stereocenters. The van der Waals surface area contributed by atoms with Gasteiger partial charge in [-0.2, -0.15) is 9.69 Å². The Kier molecular flexibility index (Phi) is 7.41. The molecule has 1 heterocycles. The first kappa shape index (κ1) is 26.0. The van der Waals surface area contributed by atoms with Gasteiger partial charge in [0.25, 0.3) is 0 Å². The second kappa shape index (κ2) is 9.96. The monoisotopic (exact) mass is 499 g/mol. The molecule has 0 bridgehead atoms. The van der Waals surface area contributed by atoms with Crippen LogP contribution >= 0.6 is 0 Å². The number of aliphatic hydroxyl groups is 1. The highest BCUT2D eigenvalue weighted by Gasteiger charge is 2.41. The Morgan fingerprint density at radius 1 is 1.17 bits per heavy atom. The summed E-state index contributed by atoms with van der Waals surface area (Å²) in [5.74, 6) is -3.12. The molecule has 0 aliphatic heterocycles. The third kappa shape index (κ3) is 6.73. The quantitative estimate of drug-likeness (QED) is 0.161. The number of aromatic nitrogens is 3. The van der Waals surface area contributed by atoms with Crippen LogP contribution in [0.2, 0.25) is 0 Å². The largest absolute Gasteiger partial charge is 0.855 e. The Bertz CT molecular complexity index is 1170. The van der Waals surface area contributed by atoms with Crippen molar-refractivity contribution in [2.75, 3.05) is 20.1 Å². The van der Waals surface area contributed by atoms with E-state index in [0.29, 0.717) is 6.07 Å². The molecule has 0 fully saturated rings. The molecule has 0 radical (unpaired) electrons. The molecular weight excluding hydrogens is 477 g/mol. The highest BCUT2D eigenvalue weighted by molar-refractivity contribution is 5.90. The van der Waals surface area contributed by atoms with Crippen LogP contribution in [0.15, 0.2) is 60.2 Å². The van der Waals surface area contributed by atoms with E-state index in [1.807, 2.05) is 0 Å². The van der Waals surface area contributed by atoms with Gasteiger partial charge in [-0.1, -0.05) is 17.2 Å². The number of nitrogens with zero attached hydrogens (tertiary/aromatic N) is 5. The smallest absolute Gasteiger partial charge is 0.573 e. The van der Waals surface area contributed by atoms with Gasteiger partial charge in [0.05, 0.1) is 19.5 Å². The van der Waals surface area contributed by atoms with Crippen molar-refractivity contribution in [1.82, 2.24) is 14.8 Å². The molecule has 3 rings (SSSR count). The lowest BCUT2D eigenvalue weighted by Crippen LogP contribution is -2.52. The minimum absolute atomic E-state index is 0.0231. The number of likely N-dealkylation sites (N-methyl/N-ethyl adjacent to an activating group) is 1. The van der Waals surface area contributed by atoms with E-state index in [-0.39, 0.29) is 30.8 Å². The summed E-state index contributed by atoms with van der Waals surface area (Å²) in [5, 5.41) is 32.4. The van der Waals surface area contributed by atoms with Gasteiger partial charge in [0.15, 0.2) is 5.60 Å². The molecule has 0 saturated carbocycles. The molecule has 1 N–H and O–H groups in total. The number of quaternary nitrogens is 1. The van der Waals surface area contributed by atoms with Crippen LogP contribution in [0.25, 0.3) is 0 Å². The molecule has 188 valence electrons. The number of halogens is 5. The molecule has 0 aliphatic rings. The van der Waals surface area contributed by atoms with Crippen molar-refractivity contribution in [2.45, 2.75) is 25.4 Å². The number of rotatable bonds is 9. The summed E-state index contributed by atoms with van der Waals surface area (Å²) < 4.78 is 69.9. The summed E-state index contributed by atoms with van der Waals surface area (Å²) in [6, 6.07) is 6.91. The highest BCUT2D eigenvalue weighted by Crippen LogP contribution is 2.30. The Balaban J connectivity index is 1.94. The molecule has 0 saturated heterocycles. The maximum Gasteiger partial charge on any atom is 0.573 e. The Morgan fingerprint density at radius 2 is 1.86 bits per heavy atom. The van der Waals surface area contributed by atoms with E-state index in [9.17, 15) is 32.2 Å². The minimum Gasteiger partial charge on any atom is -0.855 e. The Hall–Kier alpha value is -3.58. The normalized spacial score (nSPS) is 15.9. The van der Waals surface area contributed by atoms with Gasteiger partial charge in [-0.25, -0.2) is 18.4 Å². The van der Waals surface area contributed by atoms with Crippen LogP contribution in [-0.4, -0.2) is 56.9 Å². The van der Waals surface area contributed by atoms with Crippen LogP contribution in [0.3, 0.4) is 0 Å². The fourth-order valence-corrected chi connectivity index (χ4v) is 3.53. The zero-order valence-electron chi connectivity index (χ0n) is 18.7. The maximum atomic E-state index is 14.7. The Labute approximate surface area is 197 Å². The average molecular weight is 499 g/mol. The molecule has 35 heavy (non-hydrogen) atoms. The van der Waals surface area contributed by atoms with Crippen LogP contribution in [0.5, 0.6) is 5.75 Å². The van der Waals surface area contributed by atoms with Gasteiger partial charge < -0.3 is 14.9 Å². The molecule has 0 unspecified atom stereocenters. The topological polar surface area (TPSA) is 95.6 Å². The lowest BCUT2D eigenvalue weighted by Gasteiger charge is -2.37. The fraction of sp³-hybridized carbons (Fsp3) is 0.318. The molecule has 0 spiro atoms. The maximum absolute atomic E-state index is 14.7. The number of hydrogen-bond acceptors (Lipinski definition) is 6. The summed E-state index contributed by atoms with van der Waals surface area (Å²) in [4.78, 5) is 3.79. The molecule has 2 aromatic carbocycles. The number of hydrogen-bond donors (Lipinski definition) is 1. The third-order valence-corrected chi connectivity index (χ3v) is 5.27. The lowest BCUT2D eigenvalue weighted by atomic mass is 9.92. The van der Waals surface area contributed by atoms with Crippen LogP contribution in [0.4, 0.5) is 22.0 Å². The number of benzene rings is 2. The van der Waals surface area contributed by atoms with Crippen molar-refractivity contribution < 1.29 is 41.5 Å². The first-order chi connectivity index (χ1) is 16.3. The standard InChI is InChI=1S/C22H22F5N5O3/c1-3-32(2,30-20(33)15-4-7-17(8-5-15)35-22(25,26)27)12-21(34,11-31-14-28-13-29-31)18-9-6-16(23)10-19(18)24/h4-10,13-14,34H,3,11-12H2,1-2H3/t21-,32-/m0/s1. The van der Waals surface area contributed by atoms with Crippen molar-refractivity contribution in [1.29, 1.82) is 0 Å². The van der Waals surface area contributed by atoms with Crippen molar-refractivity contribution in [3.8, 4) is 5.75 Å².